The molecule has 0 aliphatic carbocycles. The summed E-state index contributed by atoms with van der Waals surface area (Å²) in [5.74, 6) is -1.71. The third kappa shape index (κ3) is 2.96. The van der Waals surface area contributed by atoms with Gasteiger partial charge in [-0.25, -0.2) is 4.79 Å². The Labute approximate surface area is 123 Å². The van der Waals surface area contributed by atoms with E-state index in [1.54, 1.807) is 16.7 Å². The average Bonchev–Trinajstić information content (AvgIpc) is 2.77. The van der Waals surface area contributed by atoms with Gasteiger partial charge in [-0.2, -0.15) is 0 Å². The molecule has 2 aliphatic rings. The minimum atomic E-state index is -0.826. The highest BCUT2D eigenvalue weighted by molar-refractivity contribution is 5.79. The fraction of sp³-hybridized carbons (Fsp3) is 0.786. The van der Waals surface area contributed by atoms with E-state index < -0.39 is 11.9 Å². The van der Waals surface area contributed by atoms with Gasteiger partial charge in [-0.1, -0.05) is 13.8 Å². The number of carbonyl (C=O) groups is 3. The van der Waals surface area contributed by atoms with E-state index in [0.717, 1.165) is 0 Å². The van der Waals surface area contributed by atoms with Gasteiger partial charge in [0.05, 0.1) is 18.9 Å². The Morgan fingerprint density at radius 2 is 1.71 bits per heavy atom. The normalized spacial score (nSPS) is 27.2. The minimum Gasteiger partial charge on any atom is -0.481 e. The molecule has 2 rings (SSSR count). The Morgan fingerprint density at radius 3 is 2.24 bits per heavy atom. The molecule has 2 saturated heterocycles. The number of amides is 2. The van der Waals surface area contributed by atoms with Crippen molar-refractivity contribution in [2.45, 2.75) is 13.8 Å². The summed E-state index contributed by atoms with van der Waals surface area (Å²) in [6.45, 7) is 5.46. The molecule has 0 aromatic carbocycles. The molecule has 7 nitrogen and oxygen atoms in total. The highest BCUT2D eigenvalue weighted by Crippen LogP contribution is 2.29. The van der Waals surface area contributed by atoms with Crippen LogP contribution in [0.25, 0.3) is 0 Å². The quantitative estimate of drug-likeness (QED) is 0.767. The Kier molecular flexibility index (Phi) is 4.39. The summed E-state index contributed by atoms with van der Waals surface area (Å²) >= 11 is 0. The minimum absolute atomic E-state index is 0.0166. The van der Waals surface area contributed by atoms with Crippen LogP contribution in [0, 0.1) is 23.7 Å². The van der Waals surface area contributed by atoms with Gasteiger partial charge in [-0.3, -0.25) is 9.59 Å². The van der Waals surface area contributed by atoms with Crippen LogP contribution in [0.5, 0.6) is 0 Å². The molecular weight excluding hydrogens is 276 g/mol. The van der Waals surface area contributed by atoms with E-state index in [1.165, 1.54) is 7.11 Å². The molecule has 2 fully saturated rings. The van der Waals surface area contributed by atoms with Crippen LogP contribution >= 0.6 is 0 Å². The van der Waals surface area contributed by atoms with Crippen LogP contribution in [0.3, 0.4) is 0 Å². The van der Waals surface area contributed by atoms with Crippen LogP contribution in [-0.2, 0) is 14.3 Å². The molecule has 2 heterocycles. The van der Waals surface area contributed by atoms with E-state index in [2.05, 4.69) is 0 Å². The summed E-state index contributed by atoms with van der Waals surface area (Å²) in [5.41, 5.74) is 0. The van der Waals surface area contributed by atoms with Gasteiger partial charge >= 0.3 is 18.0 Å². The van der Waals surface area contributed by atoms with E-state index in [1.807, 2.05) is 6.92 Å². The molecule has 118 valence electrons. The summed E-state index contributed by atoms with van der Waals surface area (Å²) in [4.78, 5) is 38.1. The highest BCUT2D eigenvalue weighted by Gasteiger charge is 2.43. The topological polar surface area (TPSA) is 87.2 Å². The van der Waals surface area contributed by atoms with E-state index in [-0.39, 0.29) is 29.8 Å². The standard InChI is InChI=1S/C14H22N2O5/c1-8-4-15(7-11(8)13(19)21-3)14(20)16-5-10(6-16)9(2)12(17)18/h8-11H,4-7H2,1-3H3,(H,17,18). The number of rotatable bonds is 3. The molecule has 2 amide bonds. The fourth-order valence-corrected chi connectivity index (χ4v) is 2.97. The lowest BCUT2D eigenvalue weighted by Crippen LogP contribution is -2.57. The molecule has 3 atom stereocenters. The zero-order valence-electron chi connectivity index (χ0n) is 12.6. The molecule has 0 saturated carbocycles. The van der Waals surface area contributed by atoms with Gasteiger partial charge in [0.2, 0.25) is 0 Å². The predicted octanol–water partition coefficient (Wildman–Crippen LogP) is 0.500. The second-order valence-electron chi connectivity index (χ2n) is 6.09. The largest absolute Gasteiger partial charge is 0.481 e. The zero-order valence-corrected chi connectivity index (χ0v) is 12.6. The molecule has 0 aromatic rings. The van der Waals surface area contributed by atoms with E-state index in [0.29, 0.717) is 26.2 Å². The van der Waals surface area contributed by atoms with Crippen molar-refractivity contribution < 1.29 is 24.2 Å². The number of carbonyl (C=O) groups excluding carboxylic acids is 2. The fourth-order valence-electron chi connectivity index (χ4n) is 2.97. The Hall–Kier alpha value is -1.79. The summed E-state index contributed by atoms with van der Waals surface area (Å²) in [5, 5.41) is 8.95. The molecule has 2 aliphatic heterocycles. The number of hydrogen-bond acceptors (Lipinski definition) is 4. The van der Waals surface area contributed by atoms with Gasteiger partial charge in [-0.05, 0) is 5.92 Å². The Morgan fingerprint density at radius 1 is 1.14 bits per heavy atom. The SMILES string of the molecule is COC(=O)C1CN(C(=O)N2CC(C(C)C(=O)O)C2)CC1C. The molecule has 1 N–H and O–H groups in total. The number of urea groups is 1. The van der Waals surface area contributed by atoms with Gasteiger partial charge in [0.15, 0.2) is 0 Å². The lowest BCUT2D eigenvalue weighted by molar-refractivity contribution is -0.146. The number of hydrogen-bond donors (Lipinski definition) is 1. The van der Waals surface area contributed by atoms with Crippen molar-refractivity contribution in [3.05, 3.63) is 0 Å². The number of likely N-dealkylation sites (tertiary alicyclic amines) is 2. The zero-order chi connectivity index (χ0) is 15.7. The molecule has 0 radical (unpaired) electrons. The molecule has 0 aromatic heterocycles. The van der Waals surface area contributed by atoms with Crippen LogP contribution in [0.2, 0.25) is 0 Å². The van der Waals surface area contributed by atoms with Crippen molar-refractivity contribution in [2.24, 2.45) is 23.7 Å². The first-order chi connectivity index (χ1) is 9.85. The van der Waals surface area contributed by atoms with Gasteiger partial charge in [0.1, 0.15) is 0 Å². The van der Waals surface area contributed by atoms with E-state index in [9.17, 15) is 14.4 Å². The van der Waals surface area contributed by atoms with Crippen molar-refractivity contribution in [1.29, 1.82) is 0 Å². The molecular formula is C14H22N2O5. The van der Waals surface area contributed by atoms with Crippen LogP contribution in [0.1, 0.15) is 13.8 Å². The molecule has 0 spiro atoms. The van der Waals surface area contributed by atoms with Crippen LogP contribution in [-0.4, -0.2) is 66.2 Å². The number of carboxylic acid groups (broad SMARTS) is 1. The molecule has 3 unspecified atom stereocenters. The van der Waals surface area contributed by atoms with Crippen LogP contribution in [0.4, 0.5) is 4.79 Å². The van der Waals surface area contributed by atoms with Crippen molar-refractivity contribution in [3.8, 4) is 0 Å². The van der Waals surface area contributed by atoms with Crippen molar-refractivity contribution >= 4 is 18.0 Å². The maximum atomic E-state index is 12.3. The Bertz CT molecular complexity index is 447. The van der Waals surface area contributed by atoms with Crippen LogP contribution in [0.15, 0.2) is 0 Å². The number of nitrogens with zero attached hydrogens (tertiary/aromatic N) is 2. The summed E-state index contributed by atoms with van der Waals surface area (Å²) in [6, 6.07) is -0.109. The van der Waals surface area contributed by atoms with Gasteiger partial charge < -0.3 is 19.6 Å². The van der Waals surface area contributed by atoms with Crippen molar-refractivity contribution in [2.75, 3.05) is 33.3 Å². The number of aliphatic carboxylic acids is 1. The number of methoxy groups -OCH3 is 1. The van der Waals surface area contributed by atoms with Gasteiger partial charge in [-0.15, -0.1) is 0 Å². The number of carboxylic acids is 1. The van der Waals surface area contributed by atoms with E-state index in [4.69, 9.17) is 9.84 Å². The first kappa shape index (κ1) is 15.6. The second-order valence-corrected chi connectivity index (χ2v) is 6.09. The first-order valence-corrected chi connectivity index (χ1v) is 7.19. The molecule has 0 bridgehead atoms. The smallest absolute Gasteiger partial charge is 0.320 e. The number of esters is 1. The summed E-state index contributed by atoms with van der Waals surface area (Å²) in [7, 11) is 1.35. The summed E-state index contributed by atoms with van der Waals surface area (Å²) < 4.78 is 4.75. The predicted molar refractivity (Wildman–Crippen MR) is 73.5 cm³/mol. The first-order valence-electron chi connectivity index (χ1n) is 7.19. The van der Waals surface area contributed by atoms with Gasteiger partial charge in [0, 0.05) is 32.1 Å². The van der Waals surface area contributed by atoms with E-state index >= 15 is 0 Å². The lowest BCUT2D eigenvalue weighted by atomic mass is 9.87. The maximum Gasteiger partial charge on any atom is 0.320 e. The highest BCUT2D eigenvalue weighted by atomic mass is 16.5. The number of ether oxygens (including phenoxy) is 1. The monoisotopic (exact) mass is 298 g/mol. The average molecular weight is 298 g/mol. The molecule has 21 heavy (non-hydrogen) atoms. The second kappa shape index (κ2) is 5.91. The van der Waals surface area contributed by atoms with Crippen molar-refractivity contribution in [1.82, 2.24) is 9.80 Å². The maximum absolute atomic E-state index is 12.3. The van der Waals surface area contributed by atoms with Crippen LogP contribution < -0.4 is 0 Å². The Balaban J connectivity index is 1.86. The van der Waals surface area contributed by atoms with Gasteiger partial charge in [0.25, 0.3) is 0 Å². The molecule has 7 heteroatoms. The third-order valence-corrected chi connectivity index (χ3v) is 4.66. The lowest BCUT2D eigenvalue weighted by Gasteiger charge is -2.42. The summed E-state index contributed by atoms with van der Waals surface area (Å²) in [6.07, 6.45) is 0. The third-order valence-electron chi connectivity index (χ3n) is 4.66. The van der Waals surface area contributed by atoms with Crippen molar-refractivity contribution in [3.63, 3.8) is 0 Å².